The summed E-state index contributed by atoms with van der Waals surface area (Å²) >= 11 is 6.21. The predicted octanol–water partition coefficient (Wildman–Crippen LogP) is 3.41. The van der Waals surface area contributed by atoms with Gasteiger partial charge in [-0.25, -0.2) is 0 Å². The molecule has 5 heteroatoms. The third-order valence-electron chi connectivity index (χ3n) is 2.67. The summed E-state index contributed by atoms with van der Waals surface area (Å²) in [7, 11) is 0. The van der Waals surface area contributed by atoms with Crippen LogP contribution in [0.15, 0.2) is 35.0 Å². The summed E-state index contributed by atoms with van der Waals surface area (Å²) in [5.41, 5.74) is 0.970. The summed E-state index contributed by atoms with van der Waals surface area (Å²) in [6.45, 7) is 4.12. The molecule has 0 aliphatic rings. The van der Waals surface area contributed by atoms with Crippen molar-refractivity contribution in [3.05, 3.63) is 46.8 Å². The normalized spacial score (nSPS) is 10.6. The van der Waals surface area contributed by atoms with E-state index in [1.165, 1.54) is 0 Å². The minimum Gasteiger partial charge on any atom is -0.485 e. The molecule has 102 valence electrons. The maximum absolute atomic E-state index is 6.21. The molecule has 1 aromatic carbocycles. The van der Waals surface area contributed by atoms with Gasteiger partial charge in [-0.2, -0.15) is 0 Å². The van der Waals surface area contributed by atoms with Crippen LogP contribution in [0.5, 0.6) is 5.75 Å². The Morgan fingerprint density at radius 3 is 3.00 bits per heavy atom. The van der Waals surface area contributed by atoms with Crippen molar-refractivity contribution < 1.29 is 9.26 Å². The molecule has 2 rings (SSSR count). The first-order valence-corrected chi connectivity index (χ1v) is 6.69. The highest BCUT2D eigenvalue weighted by Crippen LogP contribution is 2.27. The lowest BCUT2D eigenvalue weighted by Gasteiger charge is -2.12. The molecule has 0 spiro atoms. The number of nitrogens with one attached hydrogen (secondary N) is 1. The van der Waals surface area contributed by atoms with E-state index in [9.17, 15) is 0 Å². The lowest BCUT2D eigenvalue weighted by Crippen LogP contribution is -2.15. The summed E-state index contributed by atoms with van der Waals surface area (Å²) < 4.78 is 10.7. The minimum absolute atomic E-state index is 0.348. The van der Waals surface area contributed by atoms with Crippen molar-refractivity contribution >= 4 is 11.6 Å². The van der Waals surface area contributed by atoms with Gasteiger partial charge in [0.15, 0.2) is 5.76 Å². The average Bonchev–Trinajstić information content (AvgIpc) is 2.92. The van der Waals surface area contributed by atoms with Crippen LogP contribution in [0.4, 0.5) is 0 Å². The molecule has 1 heterocycles. The number of ether oxygens (including phenoxy) is 1. The Hall–Kier alpha value is -1.52. The molecule has 1 N–H and O–H groups in total. The molecule has 0 amide bonds. The second-order valence-electron chi connectivity index (χ2n) is 4.16. The molecule has 19 heavy (non-hydrogen) atoms. The Morgan fingerprint density at radius 1 is 1.37 bits per heavy atom. The number of hydrogen-bond acceptors (Lipinski definition) is 4. The van der Waals surface area contributed by atoms with Gasteiger partial charge in [0.1, 0.15) is 12.4 Å². The maximum atomic E-state index is 6.21. The first kappa shape index (κ1) is 13.9. The molecule has 0 aliphatic heterocycles. The van der Waals surface area contributed by atoms with Gasteiger partial charge in [-0.1, -0.05) is 29.7 Å². The summed E-state index contributed by atoms with van der Waals surface area (Å²) in [6, 6.07) is 7.43. The van der Waals surface area contributed by atoms with E-state index < -0.39 is 0 Å². The van der Waals surface area contributed by atoms with Gasteiger partial charge in [0, 0.05) is 23.2 Å². The second-order valence-corrected chi connectivity index (χ2v) is 4.57. The number of hydrogen-bond donors (Lipinski definition) is 1. The fraction of sp³-hybridized carbons (Fsp3) is 0.357. The van der Waals surface area contributed by atoms with Crippen LogP contribution in [-0.2, 0) is 13.2 Å². The van der Waals surface area contributed by atoms with Crippen molar-refractivity contribution in [1.82, 2.24) is 10.5 Å². The molecule has 2 aromatic rings. The largest absolute Gasteiger partial charge is 0.485 e. The molecule has 1 aromatic heterocycles. The molecule has 0 saturated carbocycles. The van der Waals surface area contributed by atoms with Crippen LogP contribution >= 0.6 is 11.6 Å². The summed E-state index contributed by atoms with van der Waals surface area (Å²) in [6.07, 6.45) is 2.68. The Kier molecular flexibility index (Phi) is 5.24. The van der Waals surface area contributed by atoms with E-state index in [0.29, 0.717) is 23.9 Å². The van der Waals surface area contributed by atoms with Gasteiger partial charge in [-0.05, 0) is 25.1 Å². The molecule has 0 radical (unpaired) electrons. The van der Waals surface area contributed by atoms with Crippen LogP contribution in [0.3, 0.4) is 0 Å². The molecule has 0 saturated heterocycles. The van der Waals surface area contributed by atoms with Crippen LogP contribution in [0.25, 0.3) is 0 Å². The Labute approximate surface area is 117 Å². The van der Waals surface area contributed by atoms with Crippen LogP contribution in [-0.4, -0.2) is 11.7 Å². The predicted molar refractivity (Wildman–Crippen MR) is 74.3 cm³/mol. The van der Waals surface area contributed by atoms with Crippen molar-refractivity contribution in [2.24, 2.45) is 0 Å². The highest BCUT2D eigenvalue weighted by molar-refractivity contribution is 6.31. The van der Waals surface area contributed by atoms with Gasteiger partial charge < -0.3 is 14.6 Å². The van der Waals surface area contributed by atoms with Gasteiger partial charge in [0.05, 0.1) is 6.20 Å². The summed E-state index contributed by atoms with van der Waals surface area (Å²) in [5.74, 6) is 1.46. The zero-order valence-electron chi connectivity index (χ0n) is 10.9. The zero-order valence-corrected chi connectivity index (χ0v) is 11.6. The van der Waals surface area contributed by atoms with Gasteiger partial charge >= 0.3 is 0 Å². The van der Waals surface area contributed by atoms with E-state index >= 15 is 0 Å². The van der Waals surface area contributed by atoms with Crippen molar-refractivity contribution in [3.63, 3.8) is 0 Å². The van der Waals surface area contributed by atoms with E-state index in [-0.39, 0.29) is 0 Å². The summed E-state index contributed by atoms with van der Waals surface area (Å²) in [5, 5.41) is 7.67. The van der Waals surface area contributed by atoms with Crippen molar-refractivity contribution in [1.29, 1.82) is 0 Å². The monoisotopic (exact) mass is 280 g/mol. The van der Waals surface area contributed by atoms with E-state index in [0.717, 1.165) is 24.3 Å². The molecule has 0 aliphatic carbocycles. The molecule has 4 nitrogen and oxygen atoms in total. The van der Waals surface area contributed by atoms with Crippen molar-refractivity contribution in [2.75, 3.05) is 6.54 Å². The zero-order chi connectivity index (χ0) is 13.5. The van der Waals surface area contributed by atoms with E-state index in [2.05, 4.69) is 17.4 Å². The Bertz CT molecular complexity index is 500. The van der Waals surface area contributed by atoms with E-state index in [4.69, 9.17) is 20.9 Å². The van der Waals surface area contributed by atoms with E-state index in [1.54, 1.807) is 12.3 Å². The molecular weight excluding hydrogens is 264 g/mol. The third kappa shape index (κ3) is 3.98. The molecule has 0 atom stereocenters. The number of halogens is 1. The topological polar surface area (TPSA) is 47.3 Å². The molecule has 0 bridgehead atoms. The van der Waals surface area contributed by atoms with Crippen LogP contribution < -0.4 is 10.1 Å². The summed E-state index contributed by atoms with van der Waals surface area (Å²) in [4.78, 5) is 0. The van der Waals surface area contributed by atoms with Gasteiger partial charge in [-0.3, -0.25) is 0 Å². The number of benzene rings is 1. The smallest absolute Gasteiger partial charge is 0.174 e. The SMILES string of the molecule is CCCNCc1c(Cl)cccc1OCc1ccno1. The second kappa shape index (κ2) is 7.16. The average molecular weight is 281 g/mol. The third-order valence-corrected chi connectivity index (χ3v) is 3.02. The van der Waals surface area contributed by atoms with Crippen molar-refractivity contribution in [2.45, 2.75) is 26.5 Å². The lowest BCUT2D eigenvalue weighted by molar-refractivity contribution is 0.247. The molecular formula is C14H17ClN2O2. The van der Waals surface area contributed by atoms with Crippen LogP contribution in [0.2, 0.25) is 5.02 Å². The Balaban J connectivity index is 2.03. The number of aromatic nitrogens is 1. The first-order valence-electron chi connectivity index (χ1n) is 6.31. The quantitative estimate of drug-likeness (QED) is 0.790. The maximum Gasteiger partial charge on any atom is 0.174 e. The standard InChI is InChI=1S/C14H17ClN2O2/c1-2-7-16-9-12-13(15)4-3-5-14(12)18-10-11-6-8-17-19-11/h3-6,8,16H,2,7,9-10H2,1H3. The lowest BCUT2D eigenvalue weighted by atomic mass is 10.2. The highest BCUT2D eigenvalue weighted by Gasteiger charge is 2.09. The van der Waals surface area contributed by atoms with Crippen LogP contribution in [0.1, 0.15) is 24.7 Å². The van der Waals surface area contributed by atoms with E-state index in [1.807, 2.05) is 18.2 Å². The highest BCUT2D eigenvalue weighted by atomic mass is 35.5. The van der Waals surface area contributed by atoms with Gasteiger partial charge in [0.2, 0.25) is 0 Å². The molecule has 0 unspecified atom stereocenters. The minimum atomic E-state index is 0.348. The number of nitrogens with zero attached hydrogens (tertiary/aromatic N) is 1. The van der Waals surface area contributed by atoms with Gasteiger partial charge in [0.25, 0.3) is 0 Å². The fourth-order valence-electron chi connectivity index (χ4n) is 1.70. The van der Waals surface area contributed by atoms with Crippen molar-refractivity contribution in [3.8, 4) is 5.75 Å². The Morgan fingerprint density at radius 2 is 2.26 bits per heavy atom. The molecule has 0 fully saturated rings. The van der Waals surface area contributed by atoms with Gasteiger partial charge in [-0.15, -0.1) is 0 Å². The first-order chi connectivity index (χ1) is 9.31. The fourth-order valence-corrected chi connectivity index (χ4v) is 1.93. The van der Waals surface area contributed by atoms with Crippen LogP contribution in [0, 0.1) is 0 Å². The number of rotatable bonds is 7.